The number of carbonyl (C=O) groups is 1. The van der Waals surface area contributed by atoms with Crippen LogP contribution in [0.4, 0.5) is 0 Å². The SMILES string of the molecule is O=C(O)C1CCC2CCC21. The van der Waals surface area contributed by atoms with Crippen LogP contribution in [-0.4, -0.2) is 11.1 Å². The van der Waals surface area contributed by atoms with Gasteiger partial charge in [-0.3, -0.25) is 4.79 Å². The van der Waals surface area contributed by atoms with Gasteiger partial charge >= 0.3 is 5.97 Å². The molecule has 0 heterocycles. The van der Waals surface area contributed by atoms with Gasteiger partial charge in [-0.2, -0.15) is 0 Å². The number of rotatable bonds is 1. The van der Waals surface area contributed by atoms with Gasteiger partial charge in [0.2, 0.25) is 0 Å². The van der Waals surface area contributed by atoms with Gasteiger partial charge in [-0.1, -0.05) is 0 Å². The number of hydrogen-bond acceptors (Lipinski definition) is 1. The van der Waals surface area contributed by atoms with Gasteiger partial charge in [0, 0.05) is 0 Å². The van der Waals surface area contributed by atoms with E-state index < -0.39 is 5.97 Å². The molecule has 2 fully saturated rings. The van der Waals surface area contributed by atoms with Gasteiger partial charge in [0.1, 0.15) is 0 Å². The zero-order chi connectivity index (χ0) is 7.14. The van der Waals surface area contributed by atoms with E-state index in [1.54, 1.807) is 0 Å². The average Bonchev–Trinajstić information content (AvgIpc) is 2.07. The number of carboxylic acids is 1. The Kier molecular flexibility index (Phi) is 1.22. The van der Waals surface area contributed by atoms with Crippen LogP contribution in [0.2, 0.25) is 0 Å². The number of fused-ring (bicyclic) bond motifs is 1. The smallest absolute Gasteiger partial charge is 0.306 e. The number of hydrogen-bond donors (Lipinski definition) is 1. The van der Waals surface area contributed by atoms with Crippen molar-refractivity contribution in [3.63, 3.8) is 0 Å². The van der Waals surface area contributed by atoms with Gasteiger partial charge in [-0.05, 0) is 37.5 Å². The molecule has 56 valence electrons. The molecule has 2 saturated carbocycles. The van der Waals surface area contributed by atoms with Crippen LogP contribution in [0.1, 0.15) is 25.7 Å². The molecule has 3 unspecified atom stereocenters. The van der Waals surface area contributed by atoms with Crippen LogP contribution in [0.5, 0.6) is 0 Å². The van der Waals surface area contributed by atoms with Crippen molar-refractivity contribution in [3.8, 4) is 0 Å². The van der Waals surface area contributed by atoms with Crippen LogP contribution in [-0.2, 0) is 4.79 Å². The summed E-state index contributed by atoms with van der Waals surface area (Å²) >= 11 is 0. The van der Waals surface area contributed by atoms with Gasteiger partial charge < -0.3 is 5.11 Å². The molecule has 0 bridgehead atoms. The summed E-state index contributed by atoms with van der Waals surface area (Å²) in [6.45, 7) is 0. The predicted octanol–water partition coefficient (Wildman–Crippen LogP) is 1.51. The number of aliphatic carboxylic acids is 1. The minimum atomic E-state index is -0.563. The van der Waals surface area contributed by atoms with Crippen LogP contribution in [0.3, 0.4) is 0 Å². The molecule has 0 aromatic rings. The lowest BCUT2D eigenvalue weighted by atomic mass is 9.73. The van der Waals surface area contributed by atoms with Crippen LogP contribution in [0, 0.1) is 17.8 Å². The van der Waals surface area contributed by atoms with Crippen LogP contribution < -0.4 is 0 Å². The molecule has 0 spiro atoms. The molecule has 0 aromatic carbocycles. The summed E-state index contributed by atoms with van der Waals surface area (Å²) in [4.78, 5) is 10.6. The highest BCUT2D eigenvalue weighted by Gasteiger charge is 2.45. The third-order valence-corrected chi connectivity index (χ3v) is 3.16. The van der Waals surface area contributed by atoms with E-state index >= 15 is 0 Å². The molecule has 2 rings (SSSR count). The molecule has 0 aromatic heterocycles. The molecule has 2 nitrogen and oxygen atoms in total. The fourth-order valence-electron chi connectivity index (χ4n) is 2.40. The van der Waals surface area contributed by atoms with E-state index in [-0.39, 0.29) is 5.92 Å². The van der Waals surface area contributed by atoms with Gasteiger partial charge in [0.25, 0.3) is 0 Å². The molecule has 3 atom stereocenters. The molecule has 1 N–H and O–H groups in total. The normalized spacial score (nSPS) is 44.2. The molecule has 0 amide bonds. The van der Waals surface area contributed by atoms with Crippen LogP contribution in [0.25, 0.3) is 0 Å². The highest BCUT2D eigenvalue weighted by Crippen LogP contribution is 2.50. The Labute approximate surface area is 60.2 Å². The van der Waals surface area contributed by atoms with Crippen molar-refractivity contribution in [2.75, 3.05) is 0 Å². The second-order valence-corrected chi connectivity index (χ2v) is 3.52. The summed E-state index contributed by atoms with van der Waals surface area (Å²) < 4.78 is 0. The monoisotopic (exact) mass is 140 g/mol. The van der Waals surface area contributed by atoms with E-state index in [4.69, 9.17) is 5.11 Å². The maximum Gasteiger partial charge on any atom is 0.306 e. The fourth-order valence-corrected chi connectivity index (χ4v) is 2.40. The van der Waals surface area contributed by atoms with E-state index in [1.807, 2.05) is 0 Å². The number of carboxylic acid groups (broad SMARTS) is 1. The van der Waals surface area contributed by atoms with Crippen molar-refractivity contribution >= 4 is 5.97 Å². The largest absolute Gasteiger partial charge is 0.481 e. The Balaban J connectivity index is 2.05. The summed E-state index contributed by atoms with van der Waals surface area (Å²) in [5, 5.41) is 8.74. The van der Waals surface area contributed by atoms with Gasteiger partial charge in [0.05, 0.1) is 5.92 Å². The van der Waals surface area contributed by atoms with Crippen molar-refractivity contribution in [3.05, 3.63) is 0 Å². The minimum absolute atomic E-state index is 0.0127. The molecule has 2 aliphatic carbocycles. The topological polar surface area (TPSA) is 37.3 Å². The molecule has 0 aliphatic heterocycles. The van der Waals surface area contributed by atoms with E-state index in [0.717, 1.165) is 12.3 Å². The zero-order valence-electron chi connectivity index (χ0n) is 5.92. The summed E-state index contributed by atoms with van der Waals surface area (Å²) in [5.74, 6) is 0.782. The Morgan fingerprint density at radius 2 is 1.90 bits per heavy atom. The molecule has 2 heteroatoms. The first-order valence-corrected chi connectivity index (χ1v) is 4.02. The van der Waals surface area contributed by atoms with Gasteiger partial charge in [0.15, 0.2) is 0 Å². The third-order valence-electron chi connectivity index (χ3n) is 3.16. The molecule has 0 saturated heterocycles. The predicted molar refractivity (Wildman–Crippen MR) is 36.6 cm³/mol. The Morgan fingerprint density at radius 1 is 1.20 bits per heavy atom. The third kappa shape index (κ3) is 0.678. The Bertz CT molecular complexity index is 165. The fraction of sp³-hybridized carbons (Fsp3) is 0.875. The van der Waals surface area contributed by atoms with Crippen molar-refractivity contribution in [1.29, 1.82) is 0 Å². The minimum Gasteiger partial charge on any atom is -0.481 e. The Hall–Kier alpha value is -0.530. The summed E-state index contributed by atoms with van der Waals surface area (Å²) in [7, 11) is 0. The summed E-state index contributed by atoms with van der Waals surface area (Å²) in [6, 6.07) is 0. The van der Waals surface area contributed by atoms with Crippen molar-refractivity contribution in [1.82, 2.24) is 0 Å². The Morgan fingerprint density at radius 3 is 2.20 bits per heavy atom. The lowest BCUT2D eigenvalue weighted by Gasteiger charge is -2.32. The standard InChI is InChI=1S/C8H12O2/c9-8(10)7-4-2-5-1-3-6(5)7/h5-7H,1-4H2,(H,9,10). The van der Waals surface area contributed by atoms with E-state index in [9.17, 15) is 4.79 Å². The first kappa shape index (κ1) is 6.20. The van der Waals surface area contributed by atoms with E-state index in [2.05, 4.69) is 0 Å². The first-order chi connectivity index (χ1) is 4.79. The highest BCUT2D eigenvalue weighted by molar-refractivity contribution is 5.71. The maximum atomic E-state index is 10.6. The van der Waals surface area contributed by atoms with Crippen molar-refractivity contribution < 1.29 is 9.90 Å². The average molecular weight is 140 g/mol. The van der Waals surface area contributed by atoms with Crippen molar-refractivity contribution in [2.24, 2.45) is 17.8 Å². The van der Waals surface area contributed by atoms with Crippen LogP contribution >= 0.6 is 0 Å². The van der Waals surface area contributed by atoms with Gasteiger partial charge in [-0.25, -0.2) is 0 Å². The van der Waals surface area contributed by atoms with E-state index in [0.29, 0.717) is 5.92 Å². The highest BCUT2D eigenvalue weighted by atomic mass is 16.4. The lowest BCUT2D eigenvalue weighted by Crippen LogP contribution is -2.29. The lowest BCUT2D eigenvalue weighted by molar-refractivity contribution is -0.144. The van der Waals surface area contributed by atoms with E-state index in [1.165, 1.54) is 19.3 Å². The molecule has 0 radical (unpaired) electrons. The molecular weight excluding hydrogens is 128 g/mol. The van der Waals surface area contributed by atoms with Gasteiger partial charge in [-0.15, -0.1) is 0 Å². The van der Waals surface area contributed by atoms with Crippen LogP contribution in [0.15, 0.2) is 0 Å². The molecular formula is C8H12O2. The molecule has 2 aliphatic rings. The second-order valence-electron chi connectivity index (χ2n) is 3.52. The maximum absolute atomic E-state index is 10.6. The van der Waals surface area contributed by atoms with Crippen molar-refractivity contribution in [2.45, 2.75) is 25.7 Å². The quantitative estimate of drug-likeness (QED) is 0.599. The summed E-state index contributed by atoms with van der Waals surface area (Å²) in [6.07, 6.45) is 4.56. The summed E-state index contributed by atoms with van der Waals surface area (Å²) in [5.41, 5.74) is 0. The zero-order valence-corrected chi connectivity index (χ0v) is 5.92. The first-order valence-electron chi connectivity index (χ1n) is 4.02. The molecule has 10 heavy (non-hydrogen) atoms. The second kappa shape index (κ2) is 1.97.